The number of likely N-dealkylation sites (N-methyl/N-ethyl adjacent to an activating group) is 1. The van der Waals surface area contributed by atoms with Crippen molar-refractivity contribution in [3.63, 3.8) is 0 Å². The van der Waals surface area contributed by atoms with E-state index in [1.165, 1.54) is 16.7 Å². The predicted molar refractivity (Wildman–Crippen MR) is 99.1 cm³/mol. The molecule has 1 aliphatic heterocycles. The van der Waals surface area contributed by atoms with Crippen LogP contribution < -0.4 is 0 Å². The average Bonchev–Trinajstić information content (AvgIpc) is 2.84. The van der Waals surface area contributed by atoms with Crippen LogP contribution in [0.15, 0.2) is 76.6 Å². The molecule has 1 fully saturated rings. The number of phenols is 1. The van der Waals surface area contributed by atoms with Crippen molar-refractivity contribution in [1.82, 2.24) is 4.90 Å². The highest BCUT2D eigenvalue weighted by molar-refractivity contribution is 8.18. The molecule has 0 atom stereocenters. The van der Waals surface area contributed by atoms with Crippen molar-refractivity contribution in [2.75, 3.05) is 7.05 Å². The average molecular weight is 336 g/mol. The molecule has 4 nitrogen and oxygen atoms in total. The first-order valence-corrected chi connectivity index (χ1v) is 8.22. The van der Waals surface area contributed by atoms with E-state index >= 15 is 0 Å². The number of amides is 1. The molecule has 1 heterocycles. The van der Waals surface area contributed by atoms with Crippen LogP contribution in [0, 0.1) is 0 Å². The number of phenolic OH excluding ortho intramolecular Hbond substituents is 1. The van der Waals surface area contributed by atoms with Gasteiger partial charge >= 0.3 is 0 Å². The Morgan fingerprint density at radius 1 is 1.12 bits per heavy atom. The van der Waals surface area contributed by atoms with Gasteiger partial charge in [0.05, 0.1) is 10.6 Å². The van der Waals surface area contributed by atoms with Gasteiger partial charge in [-0.15, -0.1) is 0 Å². The smallest absolute Gasteiger partial charge is 0.266 e. The fraction of sp³-hybridized carbons (Fsp3) is 0.0526. The maximum absolute atomic E-state index is 12.3. The Kier molecular flexibility index (Phi) is 4.82. The van der Waals surface area contributed by atoms with Gasteiger partial charge < -0.3 is 5.11 Å². The zero-order chi connectivity index (χ0) is 16.9. The number of rotatable bonds is 3. The van der Waals surface area contributed by atoms with E-state index in [2.05, 4.69) is 4.99 Å². The lowest BCUT2D eigenvalue weighted by Gasteiger charge is -2.07. The summed E-state index contributed by atoms with van der Waals surface area (Å²) in [6.45, 7) is 0. The Labute approximate surface area is 144 Å². The Balaban J connectivity index is 1.79. The normalized spacial score (nSPS) is 18.2. The molecule has 0 radical (unpaired) electrons. The lowest BCUT2D eigenvalue weighted by molar-refractivity contribution is -0.121. The molecule has 0 aliphatic carbocycles. The van der Waals surface area contributed by atoms with Gasteiger partial charge in [-0.2, -0.15) is 0 Å². The van der Waals surface area contributed by atoms with E-state index in [1.807, 2.05) is 42.5 Å². The number of carbonyl (C=O) groups excluding carboxylic acids is 1. The molecule has 2 aromatic rings. The van der Waals surface area contributed by atoms with E-state index in [9.17, 15) is 9.90 Å². The van der Waals surface area contributed by atoms with Crippen molar-refractivity contribution in [2.45, 2.75) is 0 Å². The highest BCUT2D eigenvalue weighted by Gasteiger charge is 2.29. The molecule has 0 saturated carbocycles. The summed E-state index contributed by atoms with van der Waals surface area (Å²) in [6, 6.07) is 16.5. The van der Waals surface area contributed by atoms with Crippen LogP contribution in [-0.2, 0) is 4.79 Å². The van der Waals surface area contributed by atoms with Crippen molar-refractivity contribution in [1.29, 1.82) is 0 Å². The standard InChI is InChI=1S/C19H16N2O2S/c1-21-18(23)17(12-5-9-14-7-3-2-4-8-14)24-19(21)20-15-10-6-11-16(22)13-15/h2-13,22H,1H3/b9-5+,17-12-,20-19?. The zero-order valence-corrected chi connectivity index (χ0v) is 13.9. The number of hydrogen-bond donors (Lipinski definition) is 1. The summed E-state index contributed by atoms with van der Waals surface area (Å²) in [7, 11) is 1.69. The molecule has 5 heteroatoms. The van der Waals surface area contributed by atoms with E-state index < -0.39 is 0 Å². The fourth-order valence-corrected chi connectivity index (χ4v) is 3.09. The van der Waals surface area contributed by atoms with Crippen LogP contribution in [0.5, 0.6) is 5.75 Å². The number of hydrogen-bond acceptors (Lipinski definition) is 4. The Morgan fingerprint density at radius 3 is 2.67 bits per heavy atom. The van der Waals surface area contributed by atoms with Crippen molar-refractivity contribution < 1.29 is 9.90 Å². The molecule has 1 saturated heterocycles. The van der Waals surface area contributed by atoms with Gasteiger partial charge in [-0.25, -0.2) is 4.99 Å². The molecule has 24 heavy (non-hydrogen) atoms. The molecule has 2 aromatic carbocycles. The van der Waals surface area contributed by atoms with Gasteiger partial charge in [-0.3, -0.25) is 9.69 Å². The Morgan fingerprint density at radius 2 is 1.92 bits per heavy atom. The Bertz CT molecular complexity index is 841. The fourth-order valence-electron chi connectivity index (χ4n) is 2.15. The van der Waals surface area contributed by atoms with Gasteiger partial charge in [0.1, 0.15) is 5.75 Å². The molecule has 3 rings (SSSR count). The summed E-state index contributed by atoms with van der Waals surface area (Å²) < 4.78 is 0. The quantitative estimate of drug-likeness (QED) is 0.856. The second kappa shape index (κ2) is 7.19. The summed E-state index contributed by atoms with van der Waals surface area (Å²) >= 11 is 1.32. The molecular formula is C19H16N2O2S. The molecule has 1 N–H and O–H groups in total. The lowest BCUT2D eigenvalue weighted by Crippen LogP contribution is -2.23. The highest BCUT2D eigenvalue weighted by atomic mass is 32.2. The second-order valence-corrected chi connectivity index (χ2v) is 6.19. The summed E-state index contributed by atoms with van der Waals surface area (Å²) in [4.78, 5) is 18.8. The molecule has 0 spiro atoms. The summed E-state index contributed by atoms with van der Waals surface area (Å²) in [6.07, 6.45) is 5.60. The molecule has 0 aromatic heterocycles. The minimum Gasteiger partial charge on any atom is -0.508 e. The number of amidine groups is 1. The number of nitrogens with zero attached hydrogens (tertiary/aromatic N) is 2. The summed E-state index contributed by atoms with van der Waals surface area (Å²) in [5.74, 6) is 0.0620. The zero-order valence-electron chi connectivity index (χ0n) is 13.1. The number of carbonyl (C=O) groups is 1. The minimum atomic E-state index is -0.0865. The number of aliphatic imine (C=N–C) groups is 1. The topological polar surface area (TPSA) is 52.9 Å². The Hall–Kier alpha value is -2.79. The van der Waals surface area contributed by atoms with E-state index in [0.29, 0.717) is 15.8 Å². The van der Waals surface area contributed by atoms with Crippen molar-refractivity contribution in [3.05, 3.63) is 77.2 Å². The third-order valence-corrected chi connectivity index (χ3v) is 4.47. The van der Waals surface area contributed by atoms with Crippen LogP contribution in [0.1, 0.15) is 5.56 Å². The molecule has 1 aliphatic rings. The number of allylic oxidation sites excluding steroid dienone is 2. The van der Waals surface area contributed by atoms with Gasteiger partial charge in [0, 0.05) is 13.1 Å². The second-order valence-electron chi connectivity index (χ2n) is 5.18. The van der Waals surface area contributed by atoms with E-state index in [1.54, 1.807) is 37.4 Å². The molecule has 120 valence electrons. The SMILES string of the molecule is CN1C(=O)/C(=C/C=C/c2ccccc2)SC1=Nc1cccc(O)c1. The van der Waals surface area contributed by atoms with Crippen molar-refractivity contribution in [3.8, 4) is 5.75 Å². The summed E-state index contributed by atoms with van der Waals surface area (Å²) in [5.41, 5.74) is 1.69. The van der Waals surface area contributed by atoms with Crippen LogP contribution in [-0.4, -0.2) is 28.1 Å². The monoisotopic (exact) mass is 336 g/mol. The molecule has 0 unspecified atom stereocenters. The summed E-state index contributed by atoms with van der Waals surface area (Å²) in [5, 5.41) is 10.1. The predicted octanol–water partition coefficient (Wildman–Crippen LogP) is 4.18. The first-order valence-electron chi connectivity index (χ1n) is 7.40. The number of benzene rings is 2. The lowest BCUT2D eigenvalue weighted by atomic mass is 10.2. The van der Waals surface area contributed by atoms with Gasteiger partial charge in [0.25, 0.3) is 5.91 Å². The number of aromatic hydroxyl groups is 1. The van der Waals surface area contributed by atoms with Crippen LogP contribution in [0.4, 0.5) is 5.69 Å². The maximum Gasteiger partial charge on any atom is 0.266 e. The van der Waals surface area contributed by atoms with Crippen LogP contribution in [0.3, 0.4) is 0 Å². The van der Waals surface area contributed by atoms with Crippen molar-refractivity contribution >= 4 is 34.6 Å². The van der Waals surface area contributed by atoms with E-state index in [4.69, 9.17) is 0 Å². The van der Waals surface area contributed by atoms with E-state index in [0.717, 1.165) is 5.56 Å². The van der Waals surface area contributed by atoms with Crippen LogP contribution in [0.25, 0.3) is 6.08 Å². The third-order valence-electron chi connectivity index (χ3n) is 3.39. The van der Waals surface area contributed by atoms with Crippen molar-refractivity contribution in [2.24, 2.45) is 4.99 Å². The first-order chi connectivity index (χ1) is 11.6. The van der Waals surface area contributed by atoms with Crippen LogP contribution in [0.2, 0.25) is 0 Å². The highest BCUT2D eigenvalue weighted by Crippen LogP contribution is 2.32. The number of thioether (sulfide) groups is 1. The van der Waals surface area contributed by atoms with Gasteiger partial charge in [-0.05, 0) is 35.5 Å². The van der Waals surface area contributed by atoms with Crippen LogP contribution >= 0.6 is 11.8 Å². The van der Waals surface area contributed by atoms with Gasteiger partial charge in [-0.1, -0.05) is 48.6 Å². The maximum atomic E-state index is 12.3. The third kappa shape index (κ3) is 3.75. The van der Waals surface area contributed by atoms with Gasteiger partial charge in [0.15, 0.2) is 5.17 Å². The molecule has 1 amide bonds. The largest absolute Gasteiger partial charge is 0.508 e. The first kappa shape index (κ1) is 16.1. The van der Waals surface area contributed by atoms with Gasteiger partial charge in [0.2, 0.25) is 0 Å². The van der Waals surface area contributed by atoms with E-state index in [-0.39, 0.29) is 11.7 Å². The molecular weight excluding hydrogens is 320 g/mol. The minimum absolute atomic E-state index is 0.0865. The molecule has 0 bridgehead atoms.